The number of para-hydroxylation sites is 1. The van der Waals surface area contributed by atoms with Crippen LogP contribution in [0.5, 0.6) is 17.2 Å². The van der Waals surface area contributed by atoms with Gasteiger partial charge in [-0.2, -0.15) is 5.26 Å². The normalized spacial score (nSPS) is 11.0. The minimum atomic E-state index is -1.16. The maximum Gasteiger partial charge on any atom is 0.342 e. The Morgan fingerprint density at radius 1 is 1.05 bits per heavy atom. The largest absolute Gasteiger partial charge is 0.497 e. The van der Waals surface area contributed by atoms with Gasteiger partial charge in [-0.25, -0.2) is 4.79 Å². The summed E-state index contributed by atoms with van der Waals surface area (Å²) in [5.41, 5.74) is 2.57. The minimum Gasteiger partial charge on any atom is -0.497 e. The van der Waals surface area contributed by atoms with E-state index in [-0.39, 0.29) is 22.6 Å². The predicted octanol–water partition coefficient (Wildman–Crippen LogP) is 5.42. The van der Waals surface area contributed by atoms with E-state index >= 15 is 0 Å². The molecule has 0 radical (unpaired) electrons. The molecule has 1 N–H and O–H groups in total. The van der Waals surface area contributed by atoms with Crippen LogP contribution in [0.3, 0.4) is 0 Å². The van der Waals surface area contributed by atoms with E-state index in [0.717, 1.165) is 17.3 Å². The second-order valence-electron chi connectivity index (χ2n) is 7.53. The molecule has 0 amide bonds. The quantitative estimate of drug-likeness (QED) is 0.216. The lowest BCUT2D eigenvalue weighted by Gasteiger charge is -2.10. The first-order valence-corrected chi connectivity index (χ1v) is 11.7. The van der Waals surface area contributed by atoms with Crippen molar-refractivity contribution in [1.82, 2.24) is 10.2 Å². The van der Waals surface area contributed by atoms with E-state index in [1.54, 1.807) is 66.7 Å². The van der Waals surface area contributed by atoms with Gasteiger partial charge < -0.3 is 23.7 Å². The molecule has 0 aliphatic heterocycles. The predicted molar refractivity (Wildman–Crippen MR) is 136 cm³/mol. The van der Waals surface area contributed by atoms with Gasteiger partial charge in [0.25, 0.3) is 5.22 Å². The Hall–Kier alpha value is -4.75. The van der Waals surface area contributed by atoms with E-state index in [1.165, 1.54) is 20.3 Å². The van der Waals surface area contributed by atoms with Crippen molar-refractivity contribution in [3.05, 3.63) is 88.3 Å². The second kappa shape index (κ2) is 11.8. The van der Waals surface area contributed by atoms with Crippen LogP contribution in [0.25, 0.3) is 17.5 Å². The van der Waals surface area contributed by atoms with Gasteiger partial charge in [0.05, 0.1) is 25.9 Å². The zero-order valence-corrected chi connectivity index (χ0v) is 20.7. The first-order valence-electron chi connectivity index (χ1n) is 10.9. The average Bonchev–Trinajstić information content (AvgIpc) is 3.40. The number of aromatic nitrogens is 2. The number of rotatable bonds is 10. The topological polar surface area (TPSA) is 128 Å². The molecule has 0 unspecified atom stereocenters. The number of thioether (sulfide) groups is 1. The lowest BCUT2D eigenvalue weighted by atomic mass is 10.1. The van der Waals surface area contributed by atoms with Crippen LogP contribution in [0.2, 0.25) is 0 Å². The van der Waals surface area contributed by atoms with Gasteiger partial charge in [-0.15, -0.1) is 10.2 Å². The molecule has 0 fully saturated rings. The van der Waals surface area contributed by atoms with E-state index in [0.29, 0.717) is 33.9 Å². The molecule has 3 aromatic carbocycles. The van der Waals surface area contributed by atoms with Crippen LogP contribution in [-0.2, 0) is 11.4 Å². The van der Waals surface area contributed by atoms with E-state index in [4.69, 9.17) is 23.9 Å². The molecule has 0 aliphatic carbocycles. The van der Waals surface area contributed by atoms with Crippen molar-refractivity contribution in [2.24, 2.45) is 0 Å². The van der Waals surface area contributed by atoms with Crippen molar-refractivity contribution in [2.75, 3.05) is 14.2 Å². The van der Waals surface area contributed by atoms with E-state index in [2.05, 4.69) is 16.3 Å². The number of carbonyl (C=O) groups is 1. The molecular formula is C27H21N3O6S. The fourth-order valence-electron chi connectivity index (χ4n) is 3.24. The highest BCUT2D eigenvalue weighted by atomic mass is 32.2. The van der Waals surface area contributed by atoms with E-state index in [1.807, 2.05) is 0 Å². The Morgan fingerprint density at radius 3 is 2.41 bits per heavy atom. The summed E-state index contributed by atoms with van der Waals surface area (Å²) in [5, 5.41) is 26.9. The number of ether oxygens (including phenoxy) is 3. The maximum absolute atomic E-state index is 12.0. The molecule has 0 aliphatic rings. The van der Waals surface area contributed by atoms with Crippen molar-refractivity contribution in [3.63, 3.8) is 0 Å². The third kappa shape index (κ3) is 6.48. The number of carboxylic acid groups (broad SMARTS) is 1. The van der Waals surface area contributed by atoms with Crippen molar-refractivity contribution < 1.29 is 28.5 Å². The van der Waals surface area contributed by atoms with E-state index in [9.17, 15) is 9.90 Å². The SMILES string of the molecule is COc1cc(OC)cc(-c2nnc(S/C(=C\c3ccccc3OCc3ccc(C#N)cc3)C(=O)O)o2)c1. The summed E-state index contributed by atoms with van der Waals surface area (Å²) >= 11 is 0.827. The van der Waals surface area contributed by atoms with Gasteiger partial charge in [0.2, 0.25) is 5.89 Å². The molecule has 4 aromatic rings. The zero-order valence-electron chi connectivity index (χ0n) is 19.9. The summed E-state index contributed by atoms with van der Waals surface area (Å²) in [6.07, 6.45) is 1.49. The molecule has 0 bridgehead atoms. The summed E-state index contributed by atoms with van der Waals surface area (Å²) in [7, 11) is 3.06. The Balaban J connectivity index is 1.54. The number of carboxylic acids is 1. The summed E-state index contributed by atoms with van der Waals surface area (Å²) in [5.74, 6) is 0.627. The van der Waals surface area contributed by atoms with Crippen LogP contribution in [0.1, 0.15) is 16.7 Å². The molecule has 4 rings (SSSR count). The molecule has 1 aromatic heterocycles. The van der Waals surface area contributed by atoms with Gasteiger partial charge in [-0.05, 0) is 53.7 Å². The number of hydrogen-bond acceptors (Lipinski definition) is 9. The Kier molecular flexibility index (Phi) is 8.08. The number of hydrogen-bond donors (Lipinski definition) is 1. The van der Waals surface area contributed by atoms with Crippen LogP contribution in [0, 0.1) is 11.3 Å². The Labute approximate surface area is 216 Å². The van der Waals surface area contributed by atoms with Crippen molar-refractivity contribution in [1.29, 1.82) is 5.26 Å². The highest BCUT2D eigenvalue weighted by Gasteiger charge is 2.18. The molecule has 9 nitrogen and oxygen atoms in total. The smallest absolute Gasteiger partial charge is 0.342 e. The van der Waals surface area contributed by atoms with E-state index < -0.39 is 5.97 Å². The molecule has 0 spiro atoms. The highest BCUT2D eigenvalue weighted by molar-refractivity contribution is 8.03. The standard InChI is InChI=1S/C27H21N3O6S/c1-33-21-11-20(12-22(14-21)34-2)25-29-30-27(36-25)37-24(26(31)32)13-19-5-3-4-6-23(19)35-16-18-9-7-17(15-28)8-10-18/h3-14H,16H2,1-2H3,(H,31,32)/b24-13-. The number of methoxy groups -OCH3 is 2. The zero-order chi connectivity index (χ0) is 26.2. The average molecular weight is 516 g/mol. The molecular weight excluding hydrogens is 494 g/mol. The summed E-state index contributed by atoms with van der Waals surface area (Å²) in [6, 6.07) is 21.3. The summed E-state index contributed by atoms with van der Waals surface area (Å²) < 4.78 is 22.2. The van der Waals surface area contributed by atoms with Gasteiger partial charge in [-0.3, -0.25) is 0 Å². The Morgan fingerprint density at radius 2 is 1.76 bits per heavy atom. The first kappa shape index (κ1) is 25.3. The molecule has 0 saturated carbocycles. The minimum absolute atomic E-state index is 0.0344. The second-order valence-corrected chi connectivity index (χ2v) is 8.52. The fraction of sp³-hybridized carbons (Fsp3) is 0.111. The van der Waals surface area contributed by atoms with Gasteiger partial charge >= 0.3 is 5.97 Å². The van der Waals surface area contributed by atoms with Crippen LogP contribution in [0.4, 0.5) is 0 Å². The highest BCUT2D eigenvalue weighted by Crippen LogP contribution is 2.34. The maximum atomic E-state index is 12.0. The van der Waals surface area contributed by atoms with Crippen LogP contribution >= 0.6 is 11.8 Å². The number of nitriles is 1. The third-order valence-electron chi connectivity index (χ3n) is 5.10. The fourth-order valence-corrected chi connectivity index (χ4v) is 3.90. The lowest BCUT2D eigenvalue weighted by Crippen LogP contribution is -1.99. The van der Waals surface area contributed by atoms with Gasteiger partial charge in [0.1, 0.15) is 28.8 Å². The lowest BCUT2D eigenvalue weighted by molar-refractivity contribution is -0.131. The molecule has 0 atom stereocenters. The van der Waals surface area contributed by atoms with Crippen LogP contribution < -0.4 is 14.2 Å². The monoisotopic (exact) mass is 515 g/mol. The van der Waals surface area contributed by atoms with Crippen molar-refractivity contribution in [3.8, 4) is 34.8 Å². The third-order valence-corrected chi connectivity index (χ3v) is 5.95. The molecule has 0 saturated heterocycles. The van der Waals surface area contributed by atoms with Crippen LogP contribution in [-0.4, -0.2) is 35.5 Å². The van der Waals surface area contributed by atoms with Gasteiger partial charge in [0.15, 0.2) is 0 Å². The van der Waals surface area contributed by atoms with Crippen LogP contribution in [0.15, 0.2) is 81.3 Å². The summed E-state index contributed by atoms with van der Waals surface area (Å²) in [6.45, 7) is 0.253. The molecule has 1 heterocycles. The first-order chi connectivity index (χ1) is 18.0. The number of benzene rings is 3. The molecule has 37 heavy (non-hydrogen) atoms. The van der Waals surface area contributed by atoms with Gasteiger partial charge in [-0.1, -0.05) is 30.3 Å². The van der Waals surface area contributed by atoms with Gasteiger partial charge in [0, 0.05) is 17.2 Å². The van der Waals surface area contributed by atoms with Crippen molar-refractivity contribution in [2.45, 2.75) is 11.8 Å². The molecule has 10 heteroatoms. The number of nitrogens with zero attached hydrogens (tertiary/aromatic N) is 3. The van der Waals surface area contributed by atoms with Crippen molar-refractivity contribution >= 4 is 23.8 Å². The Bertz CT molecular complexity index is 1450. The summed E-state index contributed by atoms with van der Waals surface area (Å²) in [4.78, 5) is 12.0. The molecule has 186 valence electrons. The number of aliphatic carboxylic acids is 1.